The SMILES string of the molecule is CC(=O)O[C@](C#N)(C(=O)OC(C)(C)C)c1ccccc1. The highest BCUT2D eigenvalue weighted by molar-refractivity contribution is 5.88. The molecule has 1 atom stereocenters. The van der Waals surface area contributed by atoms with E-state index in [1.165, 1.54) is 12.1 Å². The third-order valence-electron chi connectivity index (χ3n) is 2.32. The molecule has 0 aliphatic rings. The maximum absolute atomic E-state index is 12.3. The van der Waals surface area contributed by atoms with Gasteiger partial charge in [-0.25, -0.2) is 4.79 Å². The Balaban J connectivity index is 3.31. The van der Waals surface area contributed by atoms with Crippen LogP contribution in [0.2, 0.25) is 0 Å². The molecule has 0 saturated heterocycles. The fraction of sp³-hybridized carbons (Fsp3) is 0.400. The summed E-state index contributed by atoms with van der Waals surface area (Å²) in [5.41, 5.74) is -2.62. The van der Waals surface area contributed by atoms with Crippen LogP contribution in [-0.2, 0) is 24.7 Å². The van der Waals surface area contributed by atoms with Gasteiger partial charge in [-0.15, -0.1) is 0 Å². The Kier molecular flexibility index (Phi) is 4.51. The predicted molar refractivity (Wildman–Crippen MR) is 71.3 cm³/mol. The molecule has 1 aromatic carbocycles. The van der Waals surface area contributed by atoms with Crippen LogP contribution in [0.3, 0.4) is 0 Å². The predicted octanol–water partition coefficient (Wildman–Crippen LogP) is 2.31. The van der Waals surface area contributed by atoms with E-state index in [2.05, 4.69) is 0 Å². The van der Waals surface area contributed by atoms with Gasteiger partial charge in [-0.1, -0.05) is 30.3 Å². The third kappa shape index (κ3) is 3.58. The van der Waals surface area contributed by atoms with Gasteiger partial charge in [0.05, 0.1) is 0 Å². The van der Waals surface area contributed by atoms with E-state index in [0.717, 1.165) is 6.92 Å². The fourth-order valence-electron chi connectivity index (χ4n) is 1.59. The van der Waals surface area contributed by atoms with Gasteiger partial charge in [-0.2, -0.15) is 5.26 Å². The number of hydrogen-bond donors (Lipinski definition) is 0. The minimum atomic E-state index is -2.08. The number of nitrogens with zero attached hydrogens (tertiary/aromatic N) is 1. The number of nitriles is 1. The van der Waals surface area contributed by atoms with E-state index in [-0.39, 0.29) is 5.56 Å². The Labute approximate surface area is 118 Å². The van der Waals surface area contributed by atoms with Gasteiger partial charge in [0.15, 0.2) is 0 Å². The molecule has 0 spiro atoms. The van der Waals surface area contributed by atoms with Crippen LogP contribution < -0.4 is 0 Å². The van der Waals surface area contributed by atoms with Crippen LogP contribution in [-0.4, -0.2) is 17.5 Å². The van der Waals surface area contributed by atoms with Gasteiger partial charge >= 0.3 is 17.5 Å². The van der Waals surface area contributed by atoms with E-state index >= 15 is 0 Å². The topological polar surface area (TPSA) is 76.4 Å². The first-order valence-corrected chi connectivity index (χ1v) is 6.11. The smallest absolute Gasteiger partial charge is 0.371 e. The van der Waals surface area contributed by atoms with Crippen molar-refractivity contribution in [1.29, 1.82) is 5.26 Å². The second kappa shape index (κ2) is 5.74. The second-order valence-electron chi connectivity index (χ2n) is 5.25. The molecule has 5 nitrogen and oxygen atoms in total. The lowest BCUT2D eigenvalue weighted by Crippen LogP contribution is -2.43. The Hall–Kier alpha value is -2.35. The van der Waals surface area contributed by atoms with Crippen molar-refractivity contribution in [2.45, 2.75) is 38.9 Å². The molecular weight excluding hydrogens is 258 g/mol. The van der Waals surface area contributed by atoms with Crippen molar-refractivity contribution < 1.29 is 19.1 Å². The molecule has 1 aromatic rings. The molecule has 0 unspecified atom stereocenters. The third-order valence-corrected chi connectivity index (χ3v) is 2.32. The molecule has 1 rings (SSSR count). The highest BCUT2D eigenvalue weighted by atomic mass is 16.6. The minimum absolute atomic E-state index is 0.256. The Morgan fingerprint density at radius 3 is 2.05 bits per heavy atom. The lowest BCUT2D eigenvalue weighted by molar-refractivity contribution is -0.184. The van der Waals surface area contributed by atoms with E-state index in [4.69, 9.17) is 9.47 Å². The number of carbonyl (C=O) groups is 2. The molecule has 0 amide bonds. The van der Waals surface area contributed by atoms with Crippen molar-refractivity contribution in [3.8, 4) is 6.07 Å². The number of benzene rings is 1. The van der Waals surface area contributed by atoms with Crippen molar-refractivity contribution in [3.05, 3.63) is 35.9 Å². The van der Waals surface area contributed by atoms with E-state index in [9.17, 15) is 14.9 Å². The minimum Gasteiger partial charge on any atom is -0.456 e. The van der Waals surface area contributed by atoms with Crippen molar-refractivity contribution >= 4 is 11.9 Å². The van der Waals surface area contributed by atoms with Gasteiger partial charge < -0.3 is 9.47 Å². The van der Waals surface area contributed by atoms with Crippen molar-refractivity contribution in [2.75, 3.05) is 0 Å². The Morgan fingerprint density at radius 2 is 1.65 bits per heavy atom. The number of esters is 2. The van der Waals surface area contributed by atoms with Crippen LogP contribution in [0, 0.1) is 11.3 Å². The quantitative estimate of drug-likeness (QED) is 0.791. The summed E-state index contributed by atoms with van der Waals surface area (Å²) in [6, 6.07) is 9.87. The molecule has 0 aliphatic carbocycles. The lowest BCUT2D eigenvalue weighted by atomic mass is 9.94. The normalized spacial score (nSPS) is 13.8. The van der Waals surface area contributed by atoms with Gasteiger partial charge in [0, 0.05) is 12.5 Å². The molecular formula is C15H17NO4. The summed E-state index contributed by atoms with van der Waals surface area (Å²) < 4.78 is 10.2. The van der Waals surface area contributed by atoms with Gasteiger partial charge in [0.25, 0.3) is 0 Å². The molecule has 0 fully saturated rings. The van der Waals surface area contributed by atoms with Gasteiger partial charge in [-0.05, 0) is 20.8 Å². The van der Waals surface area contributed by atoms with E-state index in [1.807, 2.05) is 0 Å². The van der Waals surface area contributed by atoms with Crippen molar-refractivity contribution in [1.82, 2.24) is 0 Å². The standard InChI is InChI=1S/C15H17NO4/c1-11(17)19-15(10-16,12-8-6-5-7-9-12)13(18)20-14(2,3)4/h5-9H,1-4H3/t15-/m0/s1. The van der Waals surface area contributed by atoms with Crippen LogP contribution in [0.1, 0.15) is 33.3 Å². The molecule has 5 heteroatoms. The molecule has 0 saturated carbocycles. The zero-order valence-corrected chi connectivity index (χ0v) is 12.0. The first kappa shape index (κ1) is 15.7. The molecule has 0 aromatic heterocycles. The van der Waals surface area contributed by atoms with Gasteiger partial charge in [0.2, 0.25) is 0 Å². The fourth-order valence-corrected chi connectivity index (χ4v) is 1.59. The monoisotopic (exact) mass is 275 g/mol. The highest BCUT2D eigenvalue weighted by Crippen LogP contribution is 2.29. The van der Waals surface area contributed by atoms with Crippen LogP contribution in [0.25, 0.3) is 0 Å². The van der Waals surface area contributed by atoms with E-state index < -0.39 is 23.1 Å². The van der Waals surface area contributed by atoms with Crippen LogP contribution in [0.4, 0.5) is 0 Å². The van der Waals surface area contributed by atoms with Gasteiger partial charge in [0.1, 0.15) is 11.7 Å². The van der Waals surface area contributed by atoms with Crippen molar-refractivity contribution in [2.24, 2.45) is 0 Å². The van der Waals surface area contributed by atoms with E-state index in [0.29, 0.717) is 0 Å². The average molecular weight is 275 g/mol. The number of carbonyl (C=O) groups excluding carboxylic acids is 2. The average Bonchev–Trinajstić information content (AvgIpc) is 2.34. The summed E-state index contributed by atoms with van der Waals surface area (Å²) in [4.78, 5) is 23.6. The first-order chi connectivity index (χ1) is 9.21. The zero-order chi connectivity index (χ0) is 15.4. The molecule has 0 bridgehead atoms. The number of ether oxygens (including phenoxy) is 2. The largest absolute Gasteiger partial charge is 0.456 e. The van der Waals surface area contributed by atoms with E-state index in [1.54, 1.807) is 45.0 Å². The van der Waals surface area contributed by atoms with Crippen LogP contribution in [0.5, 0.6) is 0 Å². The molecule has 0 radical (unpaired) electrons. The molecule has 106 valence electrons. The lowest BCUT2D eigenvalue weighted by Gasteiger charge is -2.28. The van der Waals surface area contributed by atoms with Crippen molar-refractivity contribution in [3.63, 3.8) is 0 Å². The second-order valence-corrected chi connectivity index (χ2v) is 5.25. The number of hydrogen-bond acceptors (Lipinski definition) is 5. The molecule has 0 heterocycles. The molecule has 0 N–H and O–H groups in total. The molecule has 0 aliphatic heterocycles. The summed E-state index contributed by atoms with van der Waals surface area (Å²) in [6.45, 7) is 6.16. The van der Waals surface area contributed by atoms with Crippen LogP contribution >= 0.6 is 0 Å². The summed E-state index contributed by atoms with van der Waals surface area (Å²) in [5, 5.41) is 9.42. The van der Waals surface area contributed by atoms with Crippen LogP contribution in [0.15, 0.2) is 30.3 Å². The summed E-state index contributed by atoms with van der Waals surface area (Å²) in [6.07, 6.45) is 0. The summed E-state index contributed by atoms with van der Waals surface area (Å²) >= 11 is 0. The van der Waals surface area contributed by atoms with Gasteiger partial charge in [-0.3, -0.25) is 4.79 Å². The Morgan fingerprint density at radius 1 is 1.10 bits per heavy atom. The maximum Gasteiger partial charge on any atom is 0.371 e. The Bertz CT molecular complexity index is 539. The number of rotatable bonds is 3. The summed E-state index contributed by atoms with van der Waals surface area (Å²) in [7, 11) is 0. The maximum atomic E-state index is 12.3. The highest BCUT2D eigenvalue weighted by Gasteiger charge is 2.47. The molecule has 20 heavy (non-hydrogen) atoms. The zero-order valence-electron chi connectivity index (χ0n) is 12.0. The summed E-state index contributed by atoms with van der Waals surface area (Å²) in [5.74, 6) is -1.64. The first-order valence-electron chi connectivity index (χ1n) is 6.11.